The van der Waals surface area contributed by atoms with E-state index in [-0.39, 0.29) is 16.7 Å². The first-order chi connectivity index (χ1) is 13.3. The van der Waals surface area contributed by atoms with Gasteiger partial charge in [-0.15, -0.1) is 11.3 Å². The molecule has 0 saturated heterocycles. The minimum absolute atomic E-state index is 0.117. The molecule has 2 N–H and O–H groups in total. The summed E-state index contributed by atoms with van der Waals surface area (Å²) < 4.78 is 29.2. The van der Waals surface area contributed by atoms with Crippen molar-refractivity contribution >= 4 is 33.0 Å². The van der Waals surface area contributed by atoms with Gasteiger partial charge in [0.15, 0.2) is 0 Å². The van der Waals surface area contributed by atoms with Crippen molar-refractivity contribution in [3.8, 4) is 0 Å². The zero-order chi connectivity index (χ0) is 19.9. The summed E-state index contributed by atoms with van der Waals surface area (Å²) in [5.41, 5.74) is 3.37. The molecule has 1 aromatic heterocycles. The molecule has 1 aliphatic heterocycles. The van der Waals surface area contributed by atoms with Gasteiger partial charge in [0.25, 0.3) is 0 Å². The molecular formula is C21H20N2O3S2. The molecule has 0 unspecified atom stereocenters. The van der Waals surface area contributed by atoms with Crippen LogP contribution in [0.25, 0.3) is 0 Å². The average molecular weight is 413 g/mol. The molecule has 0 bridgehead atoms. The van der Waals surface area contributed by atoms with E-state index in [1.165, 1.54) is 17.4 Å². The maximum Gasteiger partial charge on any atom is 0.241 e. The third-order valence-corrected chi connectivity index (χ3v) is 7.32. The van der Waals surface area contributed by atoms with Crippen molar-refractivity contribution in [2.24, 2.45) is 0 Å². The van der Waals surface area contributed by atoms with Gasteiger partial charge < -0.3 is 5.32 Å². The predicted octanol–water partition coefficient (Wildman–Crippen LogP) is 4.18. The van der Waals surface area contributed by atoms with Crippen LogP contribution in [0.4, 0.5) is 5.69 Å². The first-order valence-corrected chi connectivity index (χ1v) is 11.3. The third kappa shape index (κ3) is 3.48. The Morgan fingerprint density at radius 2 is 1.86 bits per heavy atom. The Hall–Kier alpha value is -2.48. The number of fused-ring (bicyclic) bond motifs is 1. The topological polar surface area (TPSA) is 75.3 Å². The van der Waals surface area contributed by atoms with Crippen molar-refractivity contribution in [3.05, 3.63) is 81.5 Å². The molecule has 28 heavy (non-hydrogen) atoms. The van der Waals surface area contributed by atoms with E-state index in [0.29, 0.717) is 11.3 Å². The average Bonchev–Trinajstić information content (AvgIpc) is 3.29. The van der Waals surface area contributed by atoms with Crippen LogP contribution in [0.15, 0.2) is 64.9 Å². The summed E-state index contributed by atoms with van der Waals surface area (Å²) in [6, 6.07) is 15.9. The summed E-state index contributed by atoms with van der Waals surface area (Å²) >= 11 is 1.51. The van der Waals surface area contributed by atoms with Gasteiger partial charge in [-0.2, -0.15) is 4.72 Å². The van der Waals surface area contributed by atoms with Crippen molar-refractivity contribution < 1.29 is 13.2 Å². The summed E-state index contributed by atoms with van der Waals surface area (Å²) in [6.07, 6.45) is 0. The maximum absolute atomic E-state index is 13.2. The van der Waals surface area contributed by atoms with E-state index in [4.69, 9.17) is 0 Å². The van der Waals surface area contributed by atoms with E-state index in [1.54, 1.807) is 19.1 Å². The van der Waals surface area contributed by atoms with E-state index >= 15 is 0 Å². The normalized spacial score (nSPS) is 17.2. The molecule has 0 saturated carbocycles. The van der Waals surface area contributed by atoms with Gasteiger partial charge in [0.1, 0.15) is 0 Å². The highest BCUT2D eigenvalue weighted by Crippen LogP contribution is 2.34. The van der Waals surface area contributed by atoms with Crippen LogP contribution >= 0.6 is 11.3 Å². The number of rotatable bonds is 5. The number of hydrogen-bond acceptors (Lipinski definition) is 4. The fraction of sp³-hybridized carbons (Fsp3) is 0.190. The van der Waals surface area contributed by atoms with E-state index < -0.39 is 16.1 Å². The van der Waals surface area contributed by atoms with E-state index in [2.05, 4.69) is 10.0 Å². The van der Waals surface area contributed by atoms with Crippen LogP contribution in [0.1, 0.15) is 40.5 Å². The summed E-state index contributed by atoms with van der Waals surface area (Å²) in [4.78, 5) is 12.9. The molecule has 1 amide bonds. The second-order valence-electron chi connectivity index (χ2n) is 6.94. The molecule has 0 spiro atoms. The number of sulfonamides is 1. The van der Waals surface area contributed by atoms with E-state index in [0.717, 1.165) is 16.0 Å². The standard InChI is InChI=1S/C21H20N2O3S2/c1-13-5-7-15(8-6-13)20(19-4-3-11-27-19)23-28(25,26)16-9-10-18-17(12-16)14(2)21(24)22-18/h3-12,14,20,23H,1-2H3,(H,22,24)/t14-,20+/m0/s1. The molecule has 2 atom stereocenters. The predicted molar refractivity (Wildman–Crippen MR) is 111 cm³/mol. The first-order valence-electron chi connectivity index (χ1n) is 8.92. The monoisotopic (exact) mass is 412 g/mol. The second kappa shape index (κ2) is 7.16. The van der Waals surface area contributed by atoms with E-state index in [9.17, 15) is 13.2 Å². The van der Waals surface area contributed by atoms with Gasteiger partial charge in [-0.05, 0) is 54.6 Å². The van der Waals surface area contributed by atoms with Gasteiger partial charge in [-0.25, -0.2) is 8.42 Å². The Bertz CT molecular complexity index is 1120. The lowest BCUT2D eigenvalue weighted by Crippen LogP contribution is -2.29. The number of thiophene rings is 1. The lowest BCUT2D eigenvalue weighted by atomic mass is 10.0. The highest BCUT2D eigenvalue weighted by Gasteiger charge is 2.30. The van der Waals surface area contributed by atoms with Crippen molar-refractivity contribution in [1.29, 1.82) is 0 Å². The second-order valence-corrected chi connectivity index (χ2v) is 9.63. The number of hydrogen-bond donors (Lipinski definition) is 2. The van der Waals surface area contributed by atoms with Crippen LogP contribution in [-0.4, -0.2) is 14.3 Å². The van der Waals surface area contributed by atoms with Crippen molar-refractivity contribution in [2.45, 2.75) is 30.7 Å². The fourth-order valence-electron chi connectivity index (χ4n) is 3.29. The Morgan fingerprint density at radius 3 is 2.54 bits per heavy atom. The number of benzene rings is 2. The van der Waals surface area contributed by atoms with Gasteiger partial charge >= 0.3 is 0 Å². The third-order valence-electron chi connectivity index (χ3n) is 4.96. The summed E-state index contributed by atoms with van der Waals surface area (Å²) in [6.45, 7) is 3.76. The van der Waals surface area contributed by atoms with Gasteiger partial charge in [-0.3, -0.25) is 4.79 Å². The summed E-state index contributed by atoms with van der Waals surface area (Å²) in [5.74, 6) is -0.482. The van der Waals surface area contributed by atoms with Crippen LogP contribution in [0.5, 0.6) is 0 Å². The van der Waals surface area contributed by atoms with Crippen molar-refractivity contribution in [2.75, 3.05) is 5.32 Å². The molecule has 4 rings (SSSR count). The Labute approximate surface area is 168 Å². The molecule has 0 fully saturated rings. The van der Waals surface area contributed by atoms with Gasteiger partial charge in [0.2, 0.25) is 15.9 Å². The van der Waals surface area contributed by atoms with Crippen molar-refractivity contribution in [3.63, 3.8) is 0 Å². The molecule has 0 aliphatic carbocycles. The molecule has 2 aromatic carbocycles. The smallest absolute Gasteiger partial charge is 0.241 e. The van der Waals surface area contributed by atoms with Crippen LogP contribution in [0.3, 0.4) is 0 Å². The van der Waals surface area contributed by atoms with Gasteiger partial charge in [0, 0.05) is 10.6 Å². The molecule has 2 heterocycles. The summed E-state index contributed by atoms with van der Waals surface area (Å²) in [7, 11) is -3.79. The van der Waals surface area contributed by atoms with Crippen LogP contribution in [-0.2, 0) is 14.8 Å². The summed E-state index contributed by atoms with van der Waals surface area (Å²) in [5, 5.41) is 4.70. The fourth-order valence-corrected chi connectivity index (χ4v) is 5.41. The Kier molecular flexibility index (Phi) is 4.82. The highest BCUT2D eigenvalue weighted by molar-refractivity contribution is 7.89. The molecule has 7 heteroatoms. The largest absolute Gasteiger partial charge is 0.325 e. The Morgan fingerprint density at radius 1 is 1.11 bits per heavy atom. The molecule has 144 valence electrons. The lowest BCUT2D eigenvalue weighted by Gasteiger charge is -2.19. The van der Waals surface area contributed by atoms with Crippen LogP contribution in [0, 0.1) is 6.92 Å². The minimum Gasteiger partial charge on any atom is -0.325 e. The number of anilines is 1. The molecule has 1 aliphatic rings. The number of aryl methyl sites for hydroxylation is 1. The molecular weight excluding hydrogens is 392 g/mol. The lowest BCUT2D eigenvalue weighted by molar-refractivity contribution is -0.116. The van der Waals surface area contributed by atoms with Gasteiger partial charge in [-0.1, -0.05) is 35.9 Å². The maximum atomic E-state index is 13.2. The van der Waals surface area contributed by atoms with E-state index in [1.807, 2.05) is 48.7 Å². The van der Waals surface area contributed by atoms with Crippen LogP contribution < -0.4 is 10.0 Å². The first kappa shape index (κ1) is 18.9. The number of amides is 1. The Balaban J connectivity index is 1.71. The number of nitrogens with one attached hydrogen (secondary N) is 2. The minimum atomic E-state index is -3.79. The zero-order valence-electron chi connectivity index (χ0n) is 15.5. The zero-order valence-corrected chi connectivity index (χ0v) is 17.1. The molecule has 5 nitrogen and oxygen atoms in total. The highest BCUT2D eigenvalue weighted by atomic mass is 32.2. The SMILES string of the molecule is Cc1ccc([C@@H](NS(=O)(=O)c2ccc3c(c2)[C@H](C)C(=O)N3)c2cccs2)cc1. The quantitative estimate of drug-likeness (QED) is 0.660. The van der Waals surface area contributed by atoms with Crippen LogP contribution in [0.2, 0.25) is 0 Å². The van der Waals surface area contributed by atoms with Gasteiger partial charge in [0.05, 0.1) is 16.9 Å². The number of carbonyl (C=O) groups excluding carboxylic acids is 1. The molecule has 3 aromatic rings. The van der Waals surface area contributed by atoms with Crippen molar-refractivity contribution in [1.82, 2.24) is 4.72 Å². The number of carbonyl (C=O) groups is 1. The molecule has 0 radical (unpaired) electrons.